The van der Waals surface area contributed by atoms with E-state index >= 15 is 0 Å². The van der Waals surface area contributed by atoms with Crippen molar-refractivity contribution < 1.29 is 9.21 Å². The second-order valence-electron chi connectivity index (χ2n) is 6.97. The van der Waals surface area contributed by atoms with Gasteiger partial charge < -0.3 is 9.73 Å². The topological polar surface area (TPSA) is 68.0 Å². The third-order valence-corrected chi connectivity index (χ3v) is 5.08. The first kappa shape index (κ1) is 19.6. The van der Waals surface area contributed by atoms with Crippen LogP contribution in [0.25, 0.3) is 22.9 Å². The Morgan fingerprint density at radius 3 is 1.90 bits per heavy atom. The Labute approximate surface area is 175 Å². The quantitative estimate of drug-likeness (QED) is 0.448. The third kappa shape index (κ3) is 4.01. The zero-order valence-corrected chi connectivity index (χ0v) is 17.1. The fourth-order valence-electron chi connectivity index (χ4n) is 3.39. The summed E-state index contributed by atoms with van der Waals surface area (Å²) >= 11 is 0. The van der Waals surface area contributed by atoms with E-state index in [1.54, 1.807) is 12.1 Å². The number of anilines is 1. The molecule has 3 aromatic carbocycles. The van der Waals surface area contributed by atoms with Crippen molar-refractivity contribution in [3.63, 3.8) is 0 Å². The highest BCUT2D eigenvalue weighted by atomic mass is 16.4. The van der Waals surface area contributed by atoms with Crippen molar-refractivity contribution >= 4 is 11.6 Å². The zero-order valence-electron chi connectivity index (χ0n) is 17.1. The molecule has 1 aromatic heterocycles. The normalized spacial score (nSPS) is 10.7. The lowest BCUT2D eigenvalue weighted by Crippen LogP contribution is -2.14. The zero-order chi connectivity index (χ0) is 20.9. The summed E-state index contributed by atoms with van der Waals surface area (Å²) in [6.45, 7) is 4.18. The van der Waals surface area contributed by atoms with E-state index in [1.807, 2.05) is 48.5 Å². The van der Waals surface area contributed by atoms with Crippen LogP contribution in [0.15, 0.2) is 77.2 Å². The molecule has 5 nitrogen and oxygen atoms in total. The van der Waals surface area contributed by atoms with Gasteiger partial charge in [-0.1, -0.05) is 50.2 Å². The molecule has 0 fully saturated rings. The van der Waals surface area contributed by atoms with Crippen molar-refractivity contribution in [2.24, 2.45) is 0 Å². The molecule has 0 atom stereocenters. The Hall–Kier alpha value is -3.73. The number of hydrogen-bond donors (Lipinski definition) is 1. The summed E-state index contributed by atoms with van der Waals surface area (Å²) in [5.74, 6) is 0.758. The summed E-state index contributed by atoms with van der Waals surface area (Å²) < 4.78 is 5.79. The summed E-state index contributed by atoms with van der Waals surface area (Å²) in [6, 6.07) is 23.0. The molecule has 150 valence electrons. The highest BCUT2D eigenvalue weighted by Gasteiger charge is 2.14. The van der Waals surface area contributed by atoms with Crippen LogP contribution in [-0.4, -0.2) is 16.1 Å². The maximum atomic E-state index is 12.8. The van der Waals surface area contributed by atoms with Gasteiger partial charge in [0, 0.05) is 22.4 Å². The monoisotopic (exact) mass is 397 g/mol. The van der Waals surface area contributed by atoms with E-state index in [0.29, 0.717) is 17.3 Å². The Morgan fingerprint density at radius 2 is 1.33 bits per heavy atom. The molecule has 0 spiro atoms. The number of aryl methyl sites for hydroxylation is 2. The summed E-state index contributed by atoms with van der Waals surface area (Å²) in [4.78, 5) is 12.8. The van der Waals surface area contributed by atoms with Crippen molar-refractivity contribution in [2.75, 3.05) is 5.32 Å². The molecule has 0 bridgehead atoms. The second kappa shape index (κ2) is 8.74. The van der Waals surface area contributed by atoms with Crippen molar-refractivity contribution in [1.82, 2.24) is 10.2 Å². The maximum absolute atomic E-state index is 12.8. The van der Waals surface area contributed by atoms with Gasteiger partial charge in [-0.3, -0.25) is 4.79 Å². The molecule has 0 saturated heterocycles. The van der Waals surface area contributed by atoms with Crippen LogP contribution in [0.2, 0.25) is 0 Å². The number of amides is 1. The molecule has 0 aliphatic carbocycles. The van der Waals surface area contributed by atoms with Crippen LogP contribution in [0.4, 0.5) is 5.69 Å². The van der Waals surface area contributed by atoms with E-state index in [4.69, 9.17) is 4.42 Å². The molecule has 30 heavy (non-hydrogen) atoms. The molecular formula is C25H23N3O2. The lowest BCUT2D eigenvalue weighted by atomic mass is 10.0. The molecule has 4 aromatic rings. The average molecular weight is 397 g/mol. The molecule has 0 aliphatic heterocycles. The molecule has 0 radical (unpaired) electrons. The minimum Gasteiger partial charge on any atom is -0.416 e. The largest absolute Gasteiger partial charge is 0.416 e. The lowest BCUT2D eigenvalue weighted by Gasteiger charge is -2.14. The summed E-state index contributed by atoms with van der Waals surface area (Å²) in [6.07, 6.45) is 1.73. The first-order valence-electron chi connectivity index (χ1n) is 10.1. The standard InChI is InChI=1S/C25H23N3O2/c1-3-17-11-8-12-18(4-2)22(17)26-23(29)19-13-15-21(16-14-19)25-28-27-24(30-25)20-9-6-5-7-10-20/h5-16H,3-4H2,1-2H3,(H,26,29). The fraction of sp³-hybridized carbons (Fsp3) is 0.160. The van der Waals surface area contributed by atoms with Gasteiger partial charge in [-0.05, 0) is 60.4 Å². The predicted octanol–water partition coefficient (Wildman–Crippen LogP) is 5.78. The Kier molecular flexibility index (Phi) is 5.70. The van der Waals surface area contributed by atoms with Crippen molar-refractivity contribution in [3.05, 3.63) is 89.5 Å². The van der Waals surface area contributed by atoms with Crippen LogP contribution in [0, 0.1) is 0 Å². The highest BCUT2D eigenvalue weighted by molar-refractivity contribution is 6.05. The summed E-state index contributed by atoms with van der Waals surface area (Å²) in [5.41, 5.74) is 5.41. The van der Waals surface area contributed by atoms with Crippen molar-refractivity contribution in [3.8, 4) is 22.9 Å². The summed E-state index contributed by atoms with van der Waals surface area (Å²) in [5, 5.41) is 11.3. The van der Waals surface area contributed by atoms with Gasteiger partial charge in [-0.2, -0.15) is 0 Å². The van der Waals surface area contributed by atoms with Crippen LogP contribution >= 0.6 is 0 Å². The Balaban J connectivity index is 1.53. The first-order valence-corrected chi connectivity index (χ1v) is 10.1. The van der Waals surface area contributed by atoms with E-state index in [9.17, 15) is 4.79 Å². The van der Waals surface area contributed by atoms with Crippen LogP contribution in [-0.2, 0) is 12.8 Å². The van der Waals surface area contributed by atoms with E-state index in [2.05, 4.69) is 41.5 Å². The number of nitrogens with one attached hydrogen (secondary N) is 1. The average Bonchev–Trinajstić information content (AvgIpc) is 3.30. The summed E-state index contributed by atoms with van der Waals surface area (Å²) in [7, 11) is 0. The van der Waals surface area contributed by atoms with Crippen molar-refractivity contribution in [2.45, 2.75) is 26.7 Å². The van der Waals surface area contributed by atoms with Crippen molar-refractivity contribution in [1.29, 1.82) is 0 Å². The molecule has 1 N–H and O–H groups in total. The maximum Gasteiger partial charge on any atom is 0.255 e. The van der Waals surface area contributed by atoms with Crippen LogP contribution < -0.4 is 5.32 Å². The number of para-hydroxylation sites is 1. The number of rotatable bonds is 6. The lowest BCUT2D eigenvalue weighted by molar-refractivity contribution is 0.102. The van der Waals surface area contributed by atoms with Crippen LogP contribution in [0.3, 0.4) is 0 Å². The molecule has 5 heteroatoms. The van der Waals surface area contributed by atoms with Gasteiger partial charge >= 0.3 is 0 Å². The van der Waals surface area contributed by atoms with Gasteiger partial charge in [-0.15, -0.1) is 10.2 Å². The molecule has 0 unspecified atom stereocenters. The Bertz CT molecular complexity index is 1130. The number of aromatic nitrogens is 2. The number of nitrogens with zero attached hydrogens (tertiary/aromatic N) is 2. The number of carbonyl (C=O) groups is 1. The van der Waals surface area contributed by atoms with Gasteiger partial charge in [0.1, 0.15) is 0 Å². The van der Waals surface area contributed by atoms with Crippen LogP contribution in [0.5, 0.6) is 0 Å². The number of hydrogen-bond acceptors (Lipinski definition) is 4. The second-order valence-corrected chi connectivity index (χ2v) is 6.97. The third-order valence-electron chi connectivity index (χ3n) is 5.08. The minimum absolute atomic E-state index is 0.132. The van der Waals surface area contributed by atoms with Crippen LogP contribution in [0.1, 0.15) is 35.3 Å². The van der Waals surface area contributed by atoms with Gasteiger partial charge in [-0.25, -0.2) is 0 Å². The van der Waals surface area contributed by atoms with E-state index in [-0.39, 0.29) is 5.91 Å². The van der Waals surface area contributed by atoms with E-state index in [1.165, 1.54) is 0 Å². The number of benzene rings is 3. The molecule has 1 amide bonds. The number of carbonyl (C=O) groups excluding carboxylic acids is 1. The van der Waals surface area contributed by atoms with E-state index < -0.39 is 0 Å². The van der Waals surface area contributed by atoms with Gasteiger partial charge in [0.25, 0.3) is 5.91 Å². The molecule has 1 heterocycles. The molecule has 0 aliphatic rings. The van der Waals surface area contributed by atoms with Gasteiger partial charge in [0.15, 0.2) is 0 Å². The SMILES string of the molecule is CCc1cccc(CC)c1NC(=O)c1ccc(-c2nnc(-c3ccccc3)o2)cc1. The molecule has 0 saturated carbocycles. The molecule has 4 rings (SSSR count). The van der Waals surface area contributed by atoms with Gasteiger partial charge in [0.2, 0.25) is 11.8 Å². The Morgan fingerprint density at radius 1 is 0.767 bits per heavy atom. The first-order chi connectivity index (χ1) is 14.7. The smallest absolute Gasteiger partial charge is 0.255 e. The molecular weight excluding hydrogens is 374 g/mol. The fourth-order valence-corrected chi connectivity index (χ4v) is 3.39. The highest BCUT2D eigenvalue weighted by Crippen LogP contribution is 2.26. The van der Waals surface area contributed by atoms with E-state index in [0.717, 1.165) is 40.8 Å². The minimum atomic E-state index is -0.132. The predicted molar refractivity (Wildman–Crippen MR) is 118 cm³/mol. The van der Waals surface area contributed by atoms with Gasteiger partial charge in [0.05, 0.1) is 0 Å².